The van der Waals surface area contributed by atoms with Gasteiger partial charge in [0.15, 0.2) is 0 Å². The molecule has 0 bridgehead atoms. The van der Waals surface area contributed by atoms with E-state index in [9.17, 15) is 17.6 Å². The van der Waals surface area contributed by atoms with Gasteiger partial charge in [0.25, 0.3) is 0 Å². The second kappa shape index (κ2) is 3.66. The molecule has 2 aromatic rings. The van der Waals surface area contributed by atoms with Crippen LogP contribution in [-0.4, -0.2) is 6.36 Å². The predicted molar refractivity (Wildman–Crippen MR) is 50.6 cm³/mol. The number of fused-ring (bicyclic) bond motifs is 1. The van der Waals surface area contributed by atoms with Crippen LogP contribution in [0.4, 0.5) is 17.6 Å². The maximum absolute atomic E-state index is 13.3. The number of halogens is 4. The minimum atomic E-state index is -4.76. The molecule has 0 aromatic heterocycles. The van der Waals surface area contributed by atoms with Crippen LogP contribution in [-0.2, 0) is 0 Å². The van der Waals surface area contributed by atoms with E-state index in [1.165, 1.54) is 18.2 Å². The standard InChI is InChI=1S/C11H6F4O/c12-10-3-1-2-7-4-5-8(6-9(7)10)16-11(13,14)15/h1-6H. The average Bonchev–Trinajstić information content (AvgIpc) is 2.17. The van der Waals surface area contributed by atoms with E-state index in [0.29, 0.717) is 5.39 Å². The molecule has 1 nitrogen and oxygen atoms in total. The van der Waals surface area contributed by atoms with E-state index in [2.05, 4.69) is 4.74 Å². The van der Waals surface area contributed by atoms with E-state index in [-0.39, 0.29) is 5.39 Å². The highest BCUT2D eigenvalue weighted by molar-refractivity contribution is 5.84. The summed E-state index contributed by atoms with van der Waals surface area (Å²) in [4.78, 5) is 0. The molecule has 84 valence electrons. The van der Waals surface area contributed by atoms with Crippen molar-refractivity contribution in [2.45, 2.75) is 6.36 Å². The Morgan fingerprint density at radius 2 is 1.75 bits per heavy atom. The highest BCUT2D eigenvalue weighted by Crippen LogP contribution is 2.27. The van der Waals surface area contributed by atoms with E-state index >= 15 is 0 Å². The summed E-state index contributed by atoms with van der Waals surface area (Å²) in [5.41, 5.74) is 0. The van der Waals surface area contributed by atoms with E-state index in [1.54, 1.807) is 6.07 Å². The molecule has 0 atom stereocenters. The fraction of sp³-hybridized carbons (Fsp3) is 0.0909. The van der Waals surface area contributed by atoms with Gasteiger partial charge < -0.3 is 4.74 Å². The molecule has 0 aliphatic heterocycles. The molecule has 0 N–H and O–H groups in total. The first-order valence-electron chi connectivity index (χ1n) is 4.40. The average molecular weight is 230 g/mol. The highest BCUT2D eigenvalue weighted by Gasteiger charge is 2.31. The summed E-state index contributed by atoms with van der Waals surface area (Å²) in [6.07, 6.45) is -4.76. The maximum Gasteiger partial charge on any atom is 0.573 e. The second-order valence-corrected chi connectivity index (χ2v) is 3.17. The number of benzene rings is 2. The molecule has 0 amide bonds. The molecule has 16 heavy (non-hydrogen) atoms. The third kappa shape index (κ3) is 2.24. The maximum atomic E-state index is 13.3. The van der Waals surface area contributed by atoms with Crippen molar-refractivity contribution in [3.05, 3.63) is 42.2 Å². The van der Waals surface area contributed by atoms with Gasteiger partial charge in [-0.1, -0.05) is 18.2 Å². The topological polar surface area (TPSA) is 9.23 Å². The van der Waals surface area contributed by atoms with Gasteiger partial charge in [-0.2, -0.15) is 0 Å². The Kier molecular flexibility index (Phi) is 2.46. The second-order valence-electron chi connectivity index (χ2n) is 3.17. The van der Waals surface area contributed by atoms with Gasteiger partial charge in [0.2, 0.25) is 0 Å². The number of hydrogen-bond donors (Lipinski definition) is 0. The molecule has 2 aromatic carbocycles. The molecule has 0 aliphatic carbocycles. The molecule has 0 heterocycles. The Hall–Kier alpha value is -1.78. The van der Waals surface area contributed by atoms with Crippen LogP contribution in [0.25, 0.3) is 10.8 Å². The van der Waals surface area contributed by atoms with Crippen molar-refractivity contribution in [2.24, 2.45) is 0 Å². The Bertz CT molecular complexity index is 519. The Balaban J connectivity index is 2.47. The lowest BCUT2D eigenvalue weighted by Gasteiger charge is -2.09. The monoisotopic (exact) mass is 230 g/mol. The van der Waals surface area contributed by atoms with Crippen molar-refractivity contribution >= 4 is 10.8 Å². The van der Waals surface area contributed by atoms with Gasteiger partial charge in [0, 0.05) is 5.39 Å². The minimum absolute atomic E-state index is 0.101. The van der Waals surface area contributed by atoms with Crippen molar-refractivity contribution in [1.29, 1.82) is 0 Å². The quantitative estimate of drug-likeness (QED) is 0.675. The lowest BCUT2D eigenvalue weighted by molar-refractivity contribution is -0.274. The van der Waals surface area contributed by atoms with Crippen molar-refractivity contribution in [3.8, 4) is 5.75 Å². The Labute approximate surface area is 88.3 Å². The summed E-state index contributed by atoms with van der Waals surface area (Å²) >= 11 is 0. The summed E-state index contributed by atoms with van der Waals surface area (Å²) in [6.45, 7) is 0. The summed E-state index contributed by atoms with van der Waals surface area (Å²) < 4.78 is 52.7. The third-order valence-corrected chi connectivity index (χ3v) is 2.03. The molecule has 0 radical (unpaired) electrons. The summed E-state index contributed by atoms with van der Waals surface area (Å²) in [7, 11) is 0. The molecule has 0 aliphatic rings. The molecular weight excluding hydrogens is 224 g/mol. The zero-order valence-corrected chi connectivity index (χ0v) is 7.88. The molecule has 0 saturated carbocycles. The van der Waals surface area contributed by atoms with Crippen LogP contribution in [0, 0.1) is 5.82 Å². The van der Waals surface area contributed by atoms with Crippen LogP contribution in [0.15, 0.2) is 36.4 Å². The van der Waals surface area contributed by atoms with Gasteiger partial charge in [-0.15, -0.1) is 13.2 Å². The lowest BCUT2D eigenvalue weighted by Crippen LogP contribution is -2.17. The lowest BCUT2D eigenvalue weighted by atomic mass is 10.1. The zero-order valence-electron chi connectivity index (χ0n) is 7.88. The van der Waals surface area contributed by atoms with Crippen LogP contribution >= 0.6 is 0 Å². The smallest absolute Gasteiger partial charge is 0.406 e. The van der Waals surface area contributed by atoms with Crippen LogP contribution in [0.3, 0.4) is 0 Å². The van der Waals surface area contributed by atoms with Gasteiger partial charge in [-0.3, -0.25) is 0 Å². The predicted octanol–water partition coefficient (Wildman–Crippen LogP) is 3.88. The summed E-state index contributed by atoms with van der Waals surface area (Å²) in [5, 5.41) is 0.624. The Morgan fingerprint density at radius 3 is 2.44 bits per heavy atom. The van der Waals surface area contributed by atoms with Crippen LogP contribution < -0.4 is 4.74 Å². The van der Waals surface area contributed by atoms with Gasteiger partial charge in [0.1, 0.15) is 11.6 Å². The van der Waals surface area contributed by atoms with Gasteiger partial charge in [0.05, 0.1) is 0 Å². The molecule has 0 fully saturated rings. The fourth-order valence-corrected chi connectivity index (χ4v) is 1.41. The van der Waals surface area contributed by atoms with Crippen molar-refractivity contribution in [1.82, 2.24) is 0 Å². The third-order valence-electron chi connectivity index (χ3n) is 2.03. The van der Waals surface area contributed by atoms with Crippen LogP contribution in [0.5, 0.6) is 5.75 Å². The van der Waals surface area contributed by atoms with E-state index < -0.39 is 17.9 Å². The van der Waals surface area contributed by atoms with E-state index in [1.807, 2.05) is 0 Å². The van der Waals surface area contributed by atoms with Gasteiger partial charge in [-0.25, -0.2) is 4.39 Å². The van der Waals surface area contributed by atoms with Gasteiger partial charge in [-0.05, 0) is 23.6 Å². The first kappa shape index (κ1) is 10.7. The molecule has 0 spiro atoms. The molecule has 0 unspecified atom stereocenters. The normalized spacial score (nSPS) is 11.8. The molecule has 5 heteroatoms. The zero-order chi connectivity index (χ0) is 11.8. The number of ether oxygens (including phenoxy) is 1. The fourth-order valence-electron chi connectivity index (χ4n) is 1.41. The largest absolute Gasteiger partial charge is 0.573 e. The van der Waals surface area contributed by atoms with Crippen LogP contribution in [0.1, 0.15) is 0 Å². The number of rotatable bonds is 1. The number of alkyl halides is 3. The van der Waals surface area contributed by atoms with Crippen molar-refractivity contribution in [2.75, 3.05) is 0 Å². The van der Waals surface area contributed by atoms with Crippen LogP contribution in [0.2, 0.25) is 0 Å². The van der Waals surface area contributed by atoms with Crippen molar-refractivity contribution in [3.63, 3.8) is 0 Å². The molecule has 0 saturated heterocycles. The SMILES string of the molecule is Fc1cccc2ccc(OC(F)(F)F)cc12. The minimum Gasteiger partial charge on any atom is -0.406 e. The molecule has 2 rings (SSSR count). The highest BCUT2D eigenvalue weighted by atomic mass is 19.4. The first-order valence-corrected chi connectivity index (χ1v) is 4.40. The van der Waals surface area contributed by atoms with E-state index in [4.69, 9.17) is 0 Å². The van der Waals surface area contributed by atoms with E-state index in [0.717, 1.165) is 12.1 Å². The van der Waals surface area contributed by atoms with Gasteiger partial charge >= 0.3 is 6.36 Å². The van der Waals surface area contributed by atoms with Crippen molar-refractivity contribution < 1.29 is 22.3 Å². The number of hydrogen-bond acceptors (Lipinski definition) is 1. The summed E-state index contributed by atoms with van der Waals surface area (Å²) in [6, 6.07) is 7.82. The first-order chi connectivity index (χ1) is 7.46. The molecular formula is C11H6F4O. The Morgan fingerprint density at radius 1 is 1.00 bits per heavy atom. The summed E-state index contributed by atoms with van der Waals surface area (Å²) in [5.74, 6) is -1.00.